The molecule has 0 bridgehead atoms. The van der Waals surface area contributed by atoms with Gasteiger partial charge < -0.3 is 18.9 Å². The van der Waals surface area contributed by atoms with E-state index in [0.29, 0.717) is 17.2 Å². The first-order valence-corrected chi connectivity index (χ1v) is 10.5. The highest BCUT2D eigenvalue weighted by Crippen LogP contribution is 2.39. The smallest absolute Gasteiger partial charge is 0.203 e. The van der Waals surface area contributed by atoms with E-state index in [1.54, 1.807) is 39.8 Å². The Hall–Kier alpha value is -3.45. The van der Waals surface area contributed by atoms with Gasteiger partial charge in [-0.25, -0.2) is 4.98 Å². The van der Waals surface area contributed by atoms with Crippen molar-refractivity contribution < 1.29 is 18.9 Å². The maximum atomic E-state index is 5.48. The van der Waals surface area contributed by atoms with E-state index in [-0.39, 0.29) is 0 Å². The van der Waals surface area contributed by atoms with Crippen molar-refractivity contribution in [2.75, 3.05) is 28.4 Å². The number of fused-ring (bicyclic) bond motifs is 1. The predicted octanol–water partition coefficient (Wildman–Crippen LogP) is 5.58. The van der Waals surface area contributed by atoms with E-state index >= 15 is 0 Å². The number of nitrogens with zero attached hydrogens (tertiary/aromatic N) is 2. The van der Waals surface area contributed by atoms with Gasteiger partial charge in [0.2, 0.25) is 5.75 Å². The van der Waals surface area contributed by atoms with Gasteiger partial charge in [-0.3, -0.25) is 4.40 Å². The van der Waals surface area contributed by atoms with Crippen LogP contribution in [0.2, 0.25) is 0 Å². The number of ether oxygens (including phenoxy) is 4. The fraction of sp³-hybridized carbons (Fsp3) is 0.208. The van der Waals surface area contributed by atoms with E-state index in [0.717, 1.165) is 33.2 Å². The van der Waals surface area contributed by atoms with E-state index in [4.69, 9.17) is 23.9 Å². The zero-order chi connectivity index (χ0) is 22.0. The lowest BCUT2D eigenvalue weighted by Crippen LogP contribution is -1.95. The Morgan fingerprint density at radius 2 is 1.55 bits per heavy atom. The van der Waals surface area contributed by atoms with Crippen LogP contribution >= 0.6 is 11.3 Å². The molecule has 2 aromatic carbocycles. The lowest BCUT2D eigenvalue weighted by Gasteiger charge is -2.12. The van der Waals surface area contributed by atoms with Crippen molar-refractivity contribution in [1.82, 2.24) is 9.38 Å². The molecule has 4 rings (SSSR count). The van der Waals surface area contributed by atoms with Gasteiger partial charge >= 0.3 is 0 Å². The van der Waals surface area contributed by atoms with E-state index in [1.165, 1.54) is 4.88 Å². The Balaban J connectivity index is 1.81. The molecule has 160 valence electrons. The summed E-state index contributed by atoms with van der Waals surface area (Å²) in [5.74, 6) is 2.61. The number of thiazole rings is 1. The first-order chi connectivity index (χ1) is 15.1. The minimum absolute atomic E-state index is 0.571. The molecule has 0 aliphatic rings. The molecule has 31 heavy (non-hydrogen) atoms. The van der Waals surface area contributed by atoms with Gasteiger partial charge in [0.05, 0.1) is 39.8 Å². The summed E-state index contributed by atoms with van der Waals surface area (Å²) in [7, 11) is 6.48. The van der Waals surface area contributed by atoms with Crippen LogP contribution in [0.1, 0.15) is 16.1 Å². The number of hydrogen-bond donors (Lipinski definition) is 0. The normalized spacial score (nSPS) is 11.3. The molecule has 0 spiro atoms. The third kappa shape index (κ3) is 3.96. The second-order valence-electron chi connectivity index (χ2n) is 6.86. The largest absolute Gasteiger partial charge is 0.497 e. The quantitative estimate of drug-likeness (QED) is 0.379. The Kier molecular flexibility index (Phi) is 5.86. The molecule has 0 unspecified atom stereocenters. The minimum atomic E-state index is 0.571. The Morgan fingerprint density at radius 1 is 0.871 bits per heavy atom. The fourth-order valence-corrected chi connectivity index (χ4v) is 4.30. The molecule has 2 aromatic heterocycles. The van der Waals surface area contributed by atoms with Crippen molar-refractivity contribution >= 4 is 28.4 Å². The highest BCUT2D eigenvalue weighted by atomic mass is 32.1. The lowest BCUT2D eigenvalue weighted by molar-refractivity contribution is 0.324. The number of methoxy groups -OCH3 is 4. The lowest BCUT2D eigenvalue weighted by atomic mass is 10.1. The van der Waals surface area contributed by atoms with Gasteiger partial charge in [-0.1, -0.05) is 6.08 Å². The van der Waals surface area contributed by atoms with Crippen LogP contribution in [0.4, 0.5) is 0 Å². The second-order valence-corrected chi connectivity index (χ2v) is 8.07. The van der Waals surface area contributed by atoms with Gasteiger partial charge in [-0.05, 0) is 55.0 Å². The SMILES string of the molecule is COc1ccc(-c2nc3sc(C)cn3c2/C=C\c2cc(OC)c(OC)c(OC)c2)cc1. The molecule has 4 aromatic rings. The van der Waals surface area contributed by atoms with Crippen molar-refractivity contribution in [2.45, 2.75) is 6.92 Å². The molecule has 0 saturated heterocycles. The molecule has 0 fully saturated rings. The zero-order valence-electron chi connectivity index (χ0n) is 18.1. The van der Waals surface area contributed by atoms with Gasteiger partial charge in [0.15, 0.2) is 16.5 Å². The van der Waals surface area contributed by atoms with Crippen molar-refractivity contribution in [3.05, 3.63) is 58.7 Å². The number of aromatic nitrogens is 2. The zero-order valence-corrected chi connectivity index (χ0v) is 18.9. The van der Waals surface area contributed by atoms with Crippen LogP contribution in [0.3, 0.4) is 0 Å². The number of imidazole rings is 1. The maximum Gasteiger partial charge on any atom is 0.203 e. The van der Waals surface area contributed by atoms with Gasteiger partial charge in [-0.15, -0.1) is 11.3 Å². The summed E-state index contributed by atoms with van der Waals surface area (Å²) in [6.45, 7) is 2.08. The van der Waals surface area contributed by atoms with Crippen LogP contribution in [0.15, 0.2) is 42.6 Å². The van der Waals surface area contributed by atoms with Gasteiger partial charge in [0.25, 0.3) is 0 Å². The highest BCUT2D eigenvalue weighted by Gasteiger charge is 2.15. The molecule has 0 aliphatic carbocycles. The van der Waals surface area contributed by atoms with Crippen LogP contribution < -0.4 is 18.9 Å². The molecule has 7 heteroatoms. The standard InChI is InChI=1S/C24H24N2O4S/c1-15-14-26-19(11-6-16-12-20(28-3)23(30-5)21(13-16)29-4)22(25-24(26)31-15)17-7-9-18(27-2)10-8-17/h6-14H,1-5H3/b11-6-. The summed E-state index contributed by atoms with van der Waals surface area (Å²) >= 11 is 1.66. The number of aryl methyl sites for hydroxylation is 1. The first kappa shape index (κ1) is 20.8. The summed E-state index contributed by atoms with van der Waals surface area (Å²) in [5, 5.41) is 0. The number of hydrogen-bond acceptors (Lipinski definition) is 6. The Bertz CT molecular complexity index is 1210. The molecular formula is C24H24N2O4S. The monoisotopic (exact) mass is 436 g/mol. The summed E-state index contributed by atoms with van der Waals surface area (Å²) in [6, 6.07) is 11.8. The molecule has 0 saturated carbocycles. The highest BCUT2D eigenvalue weighted by molar-refractivity contribution is 7.17. The van der Waals surface area contributed by atoms with Crippen LogP contribution in [0.25, 0.3) is 28.4 Å². The first-order valence-electron chi connectivity index (χ1n) is 9.69. The third-order valence-corrected chi connectivity index (χ3v) is 5.86. The predicted molar refractivity (Wildman–Crippen MR) is 125 cm³/mol. The van der Waals surface area contributed by atoms with Crippen molar-refractivity contribution in [1.29, 1.82) is 0 Å². The van der Waals surface area contributed by atoms with E-state index in [9.17, 15) is 0 Å². The molecule has 0 atom stereocenters. The number of rotatable bonds is 7. The Morgan fingerprint density at radius 3 is 2.13 bits per heavy atom. The molecular weight excluding hydrogens is 412 g/mol. The summed E-state index contributed by atoms with van der Waals surface area (Å²) in [6.07, 6.45) is 6.19. The van der Waals surface area contributed by atoms with Gasteiger partial charge in [-0.2, -0.15) is 0 Å². The van der Waals surface area contributed by atoms with Crippen molar-refractivity contribution in [3.8, 4) is 34.3 Å². The molecule has 0 radical (unpaired) electrons. The van der Waals surface area contributed by atoms with Crippen molar-refractivity contribution in [3.63, 3.8) is 0 Å². The summed E-state index contributed by atoms with van der Waals surface area (Å²) in [5.41, 5.74) is 3.87. The summed E-state index contributed by atoms with van der Waals surface area (Å²) < 4.78 is 23.8. The molecule has 0 aliphatic heterocycles. The van der Waals surface area contributed by atoms with Crippen LogP contribution in [-0.4, -0.2) is 37.8 Å². The van der Waals surface area contributed by atoms with E-state index in [2.05, 4.69) is 23.6 Å². The minimum Gasteiger partial charge on any atom is -0.497 e. The van der Waals surface area contributed by atoms with E-state index in [1.807, 2.05) is 42.5 Å². The fourth-order valence-electron chi connectivity index (χ4n) is 3.47. The van der Waals surface area contributed by atoms with E-state index < -0.39 is 0 Å². The maximum absolute atomic E-state index is 5.48. The van der Waals surface area contributed by atoms with Crippen LogP contribution in [0.5, 0.6) is 23.0 Å². The third-order valence-electron chi connectivity index (χ3n) is 4.96. The average Bonchev–Trinajstić information content (AvgIpc) is 3.32. The molecule has 0 N–H and O–H groups in total. The summed E-state index contributed by atoms with van der Waals surface area (Å²) in [4.78, 5) is 7.04. The van der Waals surface area contributed by atoms with Crippen LogP contribution in [0, 0.1) is 6.92 Å². The topological polar surface area (TPSA) is 54.2 Å². The second kappa shape index (κ2) is 8.73. The van der Waals surface area contributed by atoms with Crippen LogP contribution in [-0.2, 0) is 0 Å². The van der Waals surface area contributed by atoms with Crippen molar-refractivity contribution in [2.24, 2.45) is 0 Å². The molecule has 2 heterocycles. The van der Waals surface area contributed by atoms with Gasteiger partial charge in [0.1, 0.15) is 5.75 Å². The average molecular weight is 437 g/mol. The number of benzene rings is 2. The van der Waals surface area contributed by atoms with Gasteiger partial charge in [0, 0.05) is 16.6 Å². The molecule has 0 amide bonds. The Labute approximate surface area is 185 Å². The molecule has 6 nitrogen and oxygen atoms in total.